The number of nitriles is 1. The SMILES string of the molecule is COc1cccc(Oc2ccc(C#N)c(Br)c2F)c1. The third kappa shape index (κ3) is 2.85. The monoisotopic (exact) mass is 321 g/mol. The summed E-state index contributed by atoms with van der Waals surface area (Å²) >= 11 is 3.03. The van der Waals surface area contributed by atoms with Crippen molar-refractivity contribution in [1.29, 1.82) is 5.26 Å². The van der Waals surface area contributed by atoms with Crippen LogP contribution in [0, 0.1) is 17.1 Å². The number of ether oxygens (including phenoxy) is 2. The molecule has 0 aromatic heterocycles. The Morgan fingerprint density at radius 1 is 1.21 bits per heavy atom. The standard InChI is InChI=1S/C14H9BrFNO2/c1-18-10-3-2-4-11(7-10)19-12-6-5-9(8-17)13(15)14(12)16/h2-7H,1H3. The van der Waals surface area contributed by atoms with Crippen LogP contribution >= 0.6 is 15.9 Å². The van der Waals surface area contributed by atoms with Gasteiger partial charge in [0, 0.05) is 6.07 Å². The number of methoxy groups -OCH3 is 1. The van der Waals surface area contributed by atoms with Crippen LogP contribution in [0.5, 0.6) is 17.2 Å². The molecular weight excluding hydrogens is 313 g/mol. The summed E-state index contributed by atoms with van der Waals surface area (Å²) in [5, 5.41) is 8.79. The van der Waals surface area contributed by atoms with Crippen LogP contribution in [0.1, 0.15) is 5.56 Å². The molecule has 0 saturated heterocycles. The maximum Gasteiger partial charge on any atom is 0.181 e. The molecule has 0 aliphatic carbocycles. The van der Waals surface area contributed by atoms with Crippen molar-refractivity contribution < 1.29 is 13.9 Å². The van der Waals surface area contributed by atoms with Gasteiger partial charge in [-0.15, -0.1) is 0 Å². The molecule has 2 aromatic rings. The maximum atomic E-state index is 14.0. The average molecular weight is 322 g/mol. The molecule has 2 aromatic carbocycles. The Balaban J connectivity index is 2.34. The molecule has 0 heterocycles. The number of hydrogen-bond acceptors (Lipinski definition) is 3. The summed E-state index contributed by atoms with van der Waals surface area (Å²) in [6.45, 7) is 0. The van der Waals surface area contributed by atoms with Crippen molar-refractivity contribution >= 4 is 15.9 Å². The smallest absolute Gasteiger partial charge is 0.181 e. The summed E-state index contributed by atoms with van der Waals surface area (Å²) in [6, 6.07) is 11.6. The highest BCUT2D eigenvalue weighted by molar-refractivity contribution is 9.10. The van der Waals surface area contributed by atoms with Crippen molar-refractivity contribution in [3.8, 4) is 23.3 Å². The van der Waals surface area contributed by atoms with Gasteiger partial charge in [-0.3, -0.25) is 0 Å². The van der Waals surface area contributed by atoms with Gasteiger partial charge in [-0.1, -0.05) is 6.07 Å². The predicted octanol–water partition coefficient (Wildman–Crippen LogP) is 4.26. The Bertz CT molecular complexity index is 652. The Kier molecular flexibility index (Phi) is 4.03. The van der Waals surface area contributed by atoms with Crippen LogP contribution in [0.4, 0.5) is 4.39 Å². The molecule has 96 valence electrons. The highest BCUT2D eigenvalue weighted by Crippen LogP contribution is 2.32. The number of rotatable bonds is 3. The van der Waals surface area contributed by atoms with E-state index in [0.29, 0.717) is 11.5 Å². The van der Waals surface area contributed by atoms with Crippen molar-refractivity contribution in [3.05, 3.63) is 52.3 Å². The normalized spacial score (nSPS) is 9.79. The summed E-state index contributed by atoms with van der Waals surface area (Å²) < 4.78 is 24.6. The average Bonchev–Trinajstić information content (AvgIpc) is 2.44. The second kappa shape index (κ2) is 5.72. The lowest BCUT2D eigenvalue weighted by Crippen LogP contribution is -1.92. The molecular formula is C14H9BrFNO2. The zero-order valence-corrected chi connectivity index (χ0v) is 11.6. The van der Waals surface area contributed by atoms with Gasteiger partial charge in [-0.25, -0.2) is 4.39 Å². The number of hydrogen-bond donors (Lipinski definition) is 0. The van der Waals surface area contributed by atoms with Gasteiger partial charge < -0.3 is 9.47 Å². The quantitative estimate of drug-likeness (QED) is 0.848. The molecule has 0 N–H and O–H groups in total. The van der Waals surface area contributed by atoms with Crippen molar-refractivity contribution in [2.45, 2.75) is 0 Å². The summed E-state index contributed by atoms with van der Waals surface area (Å²) in [6.07, 6.45) is 0. The predicted molar refractivity (Wildman–Crippen MR) is 71.9 cm³/mol. The lowest BCUT2D eigenvalue weighted by Gasteiger charge is -2.09. The van der Waals surface area contributed by atoms with E-state index in [1.807, 2.05) is 6.07 Å². The van der Waals surface area contributed by atoms with Gasteiger partial charge in [0.25, 0.3) is 0 Å². The zero-order valence-electron chi connectivity index (χ0n) is 9.98. The first-order chi connectivity index (χ1) is 9.15. The highest BCUT2D eigenvalue weighted by Gasteiger charge is 2.13. The van der Waals surface area contributed by atoms with Gasteiger partial charge in [0.15, 0.2) is 11.6 Å². The van der Waals surface area contributed by atoms with Crippen LogP contribution in [0.2, 0.25) is 0 Å². The topological polar surface area (TPSA) is 42.2 Å². The van der Waals surface area contributed by atoms with Crippen LogP contribution in [-0.4, -0.2) is 7.11 Å². The van der Waals surface area contributed by atoms with Crippen LogP contribution in [0.25, 0.3) is 0 Å². The van der Waals surface area contributed by atoms with E-state index >= 15 is 0 Å². The van der Waals surface area contributed by atoms with E-state index in [9.17, 15) is 4.39 Å². The minimum Gasteiger partial charge on any atom is -0.497 e. The Hall–Kier alpha value is -2.06. The van der Waals surface area contributed by atoms with Crippen molar-refractivity contribution in [3.63, 3.8) is 0 Å². The second-order valence-corrected chi connectivity index (χ2v) is 4.43. The van der Waals surface area contributed by atoms with E-state index < -0.39 is 5.82 Å². The first-order valence-electron chi connectivity index (χ1n) is 5.35. The van der Waals surface area contributed by atoms with Gasteiger partial charge in [-0.05, 0) is 40.2 Å². The van der Waals surface area contributed by atoms with E-state index in [2.05, 4.69) is 15.9 Å². The van der Waals surface area contributed by atoms with Crippen molar-refractivity contribution in [2.24, 2.45) is 0 Å². The first kappa shape index (κ1) is 13.4. The maximum absolute atomic E-state index is 14.0. The number of nitrogens with zero attached hydrogens (tertiary/aromatic N) is 1. The summed E-state index contributed by atoms with van der Waals surface area (Å²) in [5.41, 5.74) is 0.218. The summed E-state index contributed by atoms with van der Waals surface area (Å²) in [4.78, 5) is 0. The largest absolute Gasteiger partial charge is 0.497 e. The molecule has 19 heavy (non-hydrogen) atoms. The molecule has 0 aliphatic heterocycles. The minimum atomic E-state index is -0.609. The van der Waals surface area contributed by atoms with E-state index in [-0.39, 0.29) is 15.8 Å². The van der Waals surface area contributed by atoms with Gasteiger partial charge in [0.1, 0.15) is 17.6 Å². The fourth-order valence-corrected chi connectivity index (χ4v) is 1.90. The molecule has 2 rings (SSSR count). The number of benzene rings is 2. The molecule has 0 spiro atoms. The summed E-state index contributed by atoms with van der Waals surface area (Å²) in [7, 11) is 1.54. The molecule has 0 atom stereocenters. The van der Waals surface area contributed by atoms with Gasteiger partial charge in [-0.2, -0.15) is 5.26 Å². The molecule has 0 fully saturated rings. The van der Waals surface area contributed by atoms with Crippen LogP contribution in [-0.2, 0) is 0 Å². The van der Waals surface area contributed by atoms with Crippen molar-refractivity contribution in [2.75, 3.05) is 7.11 Å². The van der Waals surface area contributed by atoms with Gasteiger partial charge in [0.05, 0.1) is 17.1 Å². The van der Waals surface area contributed by atoms with Gasteiger partial charge in [0.2, 0.25) is 0 Å². The molecule has 3 nitrogen and oxygen atoms in total. The molecule has 0 aliphatic rings. The number of halogens is 2. The Morgan fingerprint density at radius 3 is 2.63 bits per heavy atom. The van der Waals surface area contributed by atoms with E-state index in [4.69, 9.17) is 14.7 Å². The van der Waals surface area contributed by atoms with E-state index in [0.717, 1.165) is 0 Å². The third-order valence-corrected chi connectivity index (χ3v) is 3.21. The van der Waals surface area contributed by atoms with Crippen LogP contribution in [0.3, 0.4) is 0 Å². The van der Waals surface area contributed by atoms with Gasteiger partial charge >= 0.3 is 0 Å². The van der Waals surface area contributed by atoms with Crippen LogP contribution in [0.15, 0.2) is 40.9 Å². The third-order valence-electron chi connectivity index (χ3n) is 2.44. The fourth-order valence-electron chi connectivity index (χ4n) is 1.49. The fraction of sp³-hybridized carbons (Fsp3) is 0.0714. The van der Waals surface area contributed by atoms with E-state index in [1.165, 1.54) is 19.2 Å². The molecule has 0 saturated carbocycles. The zero-order chi connectivity index (χ0) is 13.8. The first-order valence-corrected chi connectivity index (χ1v) is 6.15. The highest BCUT2D eigenvalue weighted by atomic mass is 79.9. The summed E-state index contributed by atoms with van der Waals surface area (Å²) in [5.74, 6) is 0.501. The minimum absolute atomic E-state index is 0.0409. The lowest BCUT2D eigenvalue weighted by atomic mass is 10.2. The second-order valence-electron chi connectivity index (χ2n) is 3.63. The molecule has 0 unspecified atom stereocenters. The lowest BCUT2D eigenvalue weighted by molar-refractivity contribution is 0.405. The molecule has 0 bridgehead atoms. The van der Waals surface area contributed by atoms with E-state index in [1.54, 1.807) is 24.3 Å². The van der Waals surface area contributed by atoms with Crippen molar-refractivity contribution in [1.82, 2.24) is 0 Å². The van der Waals surface area contributed by atoms with Crippen LogP contribution < -0.4 is 9.47 Å². The molecule has 0 amide bonds. The molecule has 0 radical (unpaired) electrons. The Morgan fingerprint density at radius 2 is 1.95 bits per heavy atom. The molecule has 5 heteroatoms. The Labute approximate surface area is 118 Å².